The first-order valence-corrected chi connectivity index (χ1v) is 5.61. The molecule has 1 aromatic heterocycles. The van der Waals surface area contributed by atoms with Gasteiger partial charge in [-0.15, -0.1) is 11.3 Å². The van der Waals surface area contributed by atoms with E-state index in [2.05, 4.69) is 18.8 Å². The second kappa shape index (κ2) is 4.75. The number of carbonyl (C=O) groups is 1. The zero-order chi connectivity index (χ0) is 10.7. The van der Waals surface area contributed by atoms with Gasteiger partial charge in [-0.3, -0.25) is 4.79 Å². The quantitative estimate of drug-likeness (QED) is 0.593. The largest absolute Gasteiger partial charge is 0.326 e. The molecule has 0 spiro atoms. The first-order chi connectivity index (χ1) is 6.50. The first-order valence-electron chi connectivity index (χ1n) is 4.35. The fraction of sp³-hybridized carbons (Fsp3) is 0.556. The zero-order valence-corrected chi connectivity index (χ0v) is 10.0. The molecule has 0 fully saturated rings. The summed E-state index contributed by atoms with van der Waals surface area (Å²) in [4.78, 5) is 16.6. The van der Waals surface area contributed by atoms with Crippen molar-refractivity contribution in [3.8, 4) is 0 Å². The second-order valence-corrected chi connectivity index (χ2v) is 4.65. The Morgan fingerprint density at radius 1 is 1.71 bits per heavy atom. The van der Waals surface area contributed by atoms with Crippen LogP contribution in [0.15, 0.2) is 5.38 Å². The van der Waals surface area contributed by atoms with E-state index < -0.39 is 5.37 Å². The predicted octanol–water partition coefficient (Wildman–Crippen LogP) is 3.06. The molecule has 0 N–H and O–H groups in total. The Bertz CT molecular complexity index is 324. The highest BCUT2D eigenvalue weighted by molar-refractivity contribution is 7.09. The van der Waals surface area contributed by atoms with E-state index in [1.54, 1.807) is 18.4 Å². The summed E-state index contributed by atoms with van der Waals surface area (Å²) in [6.45, 7) is 4.67. The van der Waals surface area contributed by atoms with Gasteiger partial charge in [-0.1, -0.05) is 13.8 Å². The van der Waals surface area contributed by atoms with Crippen LogP contribution < -0.4 is 0 Å². The van der Waals surface area contributed by atoms with Crippen molar-refractivity contribution in [2.24, 2.45) is 0 Å². The molecule has 0 aromatic carbocycles. The molecule has 0 bridgehead atoms. The summed E-state index contributed by atoms with van der Waals surface area (Å²) >= 11 is 6.93. The molecule has 3 nitrogen and oxygen atoms in total. The monoisotopic (exact) mass is 232 g/mol. The third-order valence-corrected chi connectivity index (χ3v) is 3.25. The van der Waals surface area contributed by atoms with Gasteiger partial charge in [0, 0.05) is 18.3 Å². The average Bonchev–Trinajstić information content (AvgIpc) is 2.52. The van der Waals surface area contributed by atoms with Crippen molar-refractivity contribution in [2.75, 3.05) is 7.05 Å². The normalized spacial score (nSPS) is 10.6. The van der Waals surface area contributed by atoms with Gasteiger partial charge in [0.05, 0.1) is 17.2 Å². The minimum Gasteiger partial charge on any atom is -0.326 e. The van der Waals surface area contributed by atoms with Gasteiger partial charge < -0.3 is 4.90 Å². The lowest BCUT2D eigenvalue weighted by molar-refractivity contribution is 0.230. The molecular weight excluding hydrogens is 220 g/mol. The van der Waals surface area contributed by atoms with Crippen molar-refractivity contribution in [1.29, 1.82) is 0 Å². The van der Waals surface area contributed by atoms with Crippen molar-refractivity contribution in [3.05, 3.63) is 16.1 Å². The van der Waals surface area contributed by atoms with E-state index in [1.165, 1.54) is 4.90 Å². The van der Waals surface area contributed by atoms with Crippen LogP contribution in [0, 0.1) is 0 Å². The lowest BCUT2D eigenvalue weighted by Gasteiger charge is -2.10. The van der Waals surface area contributed by atoms with Crippen LogP contribution in [0.3, 0.4) is 0 Å². The summed E-state index contributed by atoms with van der Waals surface area (Å²) in [6, 6.07) is 0. The van der Waals surface area contributed by atoms with E-state index in [1.807, 2.05) is 5.38 Å². The SMILES string of the molecule is CC(C)c1nc(CN(C)C(=O)Cl)cs1. The molecule has 0 atom stereocenters. The number of rotatable bonds is 3. The Labute approximate surface area is 92.7 Å². The summed E-state index contributed by atoms with van der Waals surface area (Å²) in [6.07, 6.45) is 0. The van der Waals surface area contributed by atoms with Crippen LogP contribution in [0.1, 0.15) is 30.5 Å². The lowest BCUT2D eigenvalue weighted by atomic mass is 10.2. The van der Waals surface area contributed by atoms with E-state index in [0.717, 1.165) is 10.7 Å². The molecule has 0 aliphatic rings. The van der Waals surface area contributed by atoms with Gasteiger partial charge in [0.2, 0.25) is 0 Å². The molecule has 0 aliphatic heterocycles. The minimum absolute atomic E-state index is 0.436. The van der Waals surface area contributed by atoms with Crippen LogP contribution in [0.5, 0.6) is 0 Å². The number of nitrogens with zero attached hydrogens (tertiary/aromatic N) is 2. The number of aromatic nitrogens is 1. The highest BCUT2D eigenvalue weighted by Crippen LogP contribution is 2.19. The molecule has 1 heterocycles. The fourth-order valence-corrected chi connectivity index (χ4v) is 1.85. The Morgan fingerprint density at radius 2 is 2.36 bits per heavy atom. The van der Waals surface area contributed by atoms with Crippen LogP contribution in [-0.2, 0) is 6.54 Å². The molecule has 0 unspecified atom stereocenters. The smallest absolute Gasteiger partial charge is 0.316 e. The number of halogens is 1. The van der Waals surface area contributed by atoms with Crippen LogP contribution in [-0.4, -0.2) is 22.3 Å². The van der Waals surface area contributed by atoms with Crippen molar-refractivity contribution in [2.45, 2.75) is 26.3 Å². The first kappa shape index (κ1) is 11.5. The zero-order valence-electron chi connectivity index (χ0n) is 8.45. The van der Waals surface area contributed by atoms with Crippen molar-refractivity contribution < 1.29 is 4.79 Å². The third-order valence-electron chi connectivity index (χ3n) is 1.76. The molecule has 0 saturated carbocycles. The summed E-state index contributed by atoms with van der Waals surface area (Å²) in [5.74, 6) is 0.436. The maximum absolute atomic E-state index is 10.8. The Hall–Kier alpha value is -0.610. The lowest BCUT2D eigenvalue weighted by Crippen LogP contribution is -2.20. The predicted molar refractivity (Wildman–Crippen MR) is 58.9 cm³/mol. The van der Waals surface area contributed by atoms with Gasteiger partial charge in [-0.05, 0) is 11.6 Å². The van der Waals surface area contributed by atoms with Crippen molar-refractivity contribution in [3.63, 3.8) is 0 Å². The molecule has 5 heteroatoms. The standard InChI is InChI=1S/C9H13ClN2OS/c1-6(2)8-11-7(5-14-8)4-12(3)9(10)13/h5-6H,4H2,1-3H3. The van der Waals surface area contributed by atoms with E-state index in [4.69, 9.17) is 11.6 Å². The number of hydrogen-bond acceptors (Lipinski definition) is 3. The number of hydrogen-bond donors (Lipinski definition) is 0. The van der Waals surface area contributed by atoms with Crippen LogP contribution in [0.2, 0.25) is 0 Å². The Balaban J connectivity index is 2.64. The van der Waals surface area contributed by atoms with E-state index >= 15 is 0 Å². The van der Waals surface area contributed by atoms with Gasteiger partial charge in [-0.2, -0.15) is 0 Å². The molecule has 0 aliphatic carbocycles. The average molecular weight is 233 g/mol. The van der Waals surface area contributed by atoms with Gasteiger partial charge in [-0.25, -0.2) is 4.98 Å². The highest BCUT2D eigenvalue weighted by atomic mass is 35.5. The van der Waals surface area contributed by atoms with E-state index in [0.29, 0.717) is 12.5 Å². The third kappa shape index (κ3) is 2.96. The van der Waals surface area contributed by atoms with E-state index in [9.17, 15) is 4.79 Å². The summed E-state index contributed by atoms with van der Waals surface area (Å²) < 4.78 is 0. The summed E-state index contributed by atoms with van der Waals surface area (Å²) in [5.41, 5.74) is 0.898. The molecule has 1 amide bonds. The number of carbonyl (C=O) groups excluding carboxylic acids is 1. The highest BCUT2D eigenvalue weighted by Gasteiger charge is 2.09. The molecule has 0 radical (unpaired) electrons. The summed E-state index contributed by atoms with van der Waals surface area (Å²) in [7, 11) is 1.66. The topological polar surface area (TPSA) is 33.2 Å². The number of thiazole rings is 1. The van der Waals surface area contributed by atoms with E-state index in [-0.39, 0.29) is 0 Å². The van der Waals surface area contributed by atoms with Crippen LogP contribution in [0.4, 0.5) is 4.79 Å². The summed E-state index contributed by atoms with van der Waals surface area (Å²) in [5, 5.41) is 2.60. The molecule has 78 valence electrons. The maximum Gasteiger partial charge on any atom is 0.316 e. The minimum atomic E-state index is -0.455. The van der Waals surface area contributed by atoms with Crippen LogP contribution >= 0.6 is 22.9 Å². The Kier molecular flexibility index (Phi) is 3.89. The van der Waals surface area contributed by atoms with Gasteiger partial charge in [0.15, 0.2) is 0 Å². The van der Waals surface area contributed by atoms with Gasteiger partial charge in [0.1, 0.15) is 0 Å². The number of amides is 1. The molecule has 14 heavy (non-hydrogen) atoms. The van der Waals surface area contributed by atoms with Crippen molar-refractivity contribution >= 4 is 28.3 Å². The molecule has 1 aromatic rings. The Morgan fingerprint density at radius 3 is 2.79 bits per heavy atom. The van der Waals surface area contributed by atoms with Gasteiger partial charge >= 0.3 is 5.37 Å². The second-order valence-electron chi connectivity index (χ2n) is 3.44. The van der Waals surface area contributed by atoms with Crippen LogP contribution in [0.25, 0.3) is 0 Å². The fourth-order valence-electron chi connectivity index (χ4n) is 0.966. The molecule has 1 rings (SSSR count). The van der Waals surface area contributed by atoms with Crippen molar-refractivity contribution in [1.82, 2.24) is 9.88 Å². The molecule has 0 saturated heterocycles. The molecular formula is C9H13ClN2OS. The maximum atomic E-state index is 10.8. The van der Waals surface area contributed by atoms with Gasteiger partial charge in [0.25, 0.3) is 0 Å².